The van der Waals surface area contributed by atoms with Gasteiger partial charge >= 0.3 is 0 Å². The van der Waals surface area contributed by atoms with E-state index in [1.54, 1.807) is 42.8 Å². The number of hydrogen-bond acceptors (Lipinski definition) is 5. The van der Waals surface area contributed by atoms with Gasteiger partial charge in [0.15, 0.2) is 11.6 Å². The van der Waals surface area contributed by atoms with Crippen LogP contribution in [0.2, 0.25) is 0 Å². The molecule has 1 heterocycles. The van der Waals surface area contributed by atoms with Crippen molar-refractivity contribution in [3.05, 3.63) is 76.9 Å². The largest absolute Gasteiger partial charge is 0.507 e. The lowest BCUT2D eigenvalue weighted by Crippen LogP contribution is -1.86. The van der Waals surface area contributed by atoms with Gasteiger partial charge in [-0.15, -0.1) is 0 Å². The van der Waals surface area contributed by atoms with Gasteiger partial charge in [-0.2, -0.15) is 0 Å². The summed E-state index contributed by atoms with van der Waals surface area (Å²) in [5, 5.41) is 20.1. The van der Waals surface area contributed by atoms with Crippen LogP contribution in [0.15, 0.2) is 64.6 Å². The maximum absolute atomic E-state index is 10.0. The van der Waals surface area contributed by atoms with Gasteiger partial charge in [-0.1, -0.05) is 30.3 Å². The standard InChI is InChI=1S/C21H19N3O2/c1-14-6-3-8-16(20(14)25)12-22-18-10-5-11-19(24-18)23-13-17-9-4-7-15(2)21(17)26/h3-13,25-26H,1-2H3/b22-12-,23-13?. The first-order chi connectivity index (χ1) is 12.5. The van der Waals surface area contributed by atoms with Crippen molar-refractivity contribution in [1.29, 1.82) is 0 Å². The smallest absolute Gasteiger partial charge is 0.154 e. The minimum absolute atomic E-state index is 0.209. The maximum Gasteiger partial charge on any atom is 0.154 e. The van der Waals surface area contributed by atoms with Gasteiger partial charge in [0.05, 0.1) is 0 Å². The number of phenolic OH excluding ortho intramolecular Hbond substituents is 2. The number of nitrogens with zero attached hydrogens (tertiary/aromatic N) is 3. The highest BCUT2D eigenvalue weighted by molar-refractivity contribution is 5.86. The number of hydrogen-bond donors (Lipinski definition) is 2. The molecule has 0 saturated carbocycles. The van der Waals surface area contributed by atoms with Gasteiger partial charge in [-0.3, -0.25) is 0 Å². The predicted octanol–water partition coefficient (Wildman–Crippen LogP) is 4.61. The van der Waals surface area contributed by atoms with Gasteiger partial charge in [0.1, 0.15) is 11.5 Å². The summed E-state index contributed by atoms with van der Waals surface area (Å²) in [7, 11) is 0. The number of aromatic nitrogens is 1. The van der Waals surface area contributed by atoms with Crippen molar-refractivity contribution in [1.82, 2.24) is 4.98 Å². The van der Waals surface area contributed by atoms with Crippen LogP contribution < -0.4 is 0 Å². The molecule has 0 saturated heterocycles. The lowest BCUT2D eigenvalue weighted by Gasteiger charge is -2.02. The lowest BCUT2D eigenvalue weighted by atomic mass is 10.1. The molecule has 5 heteroatoms. The molecule has 3 rings (SSSR count). The molecule has 0 fully saturated rings. The van der Waals surface area contributed by atoms with E-state index in [1.807, 2.05) is 38.1 Å². The van der Waals surface area contributed by atoms with Gasteiger partial charge in [0.25, 0.3) is 0 Å². The number of aryl methyl sites for hydroxylation is 2. The quantitative estimate of drug-likeness (QED) is 0.678. The normalized spacial score (nSPS) is 11.5. The van der Waals surface area contributed by atoms with Gasteiger partial charge in [-0.05, 0) is 49.2 Å². The van der Waals surface area contributed by atoms with Crippen molar-refractivity contribution >= 4 is 24.1 Å². The molecule has 0 unspecified atom stereocenters. The van der Waals surface area contributed by atoms with Crippen molar-refractivity contribution < 1.29 is 10.2 Å². The van der Waals surface area contributed by atoms with Crippen molar-refractivity contribution in [2.45, 2.75) is 13.8 Å². The van der Waals surface area contributed by atoms with Crippen LogP contribution in [0.25, 0.3) is 0 Å². The molecule has 2 aromatic carbocycles. The minimum Gasteiger partial charge on any atom is -0.507 e. The second-order valence-electron chi connectivity index (χ2n) is 5.90. The highest BCUT2D eigenvalue weighted by Crippen LogP contribution is 2.22. The number of benzene rings is 2. The molecule has 0 amide bonds. The van der Waals surface area contributed by atoms with Crippen LogP contribution in [0.5, 0.6) is 11.5 Å². The molecule has 1 aromatic heterocycles. The molecular weight excluding hydrogens is 326 g/mol. The molecule has 0 spiro atoms. The van der Waals surface area contributed by atoms with Crippen LogP contribution in [-0.2, 0) is 0 Å². The van der Waals surface area contributed by atoms with E-state index in [9.17, 15) is 10.2 Å². The number of aliphatic imine (C=N–C) groups is 2. The Labute approximate surface area is 152 Å². The zero-order valence-corrected chi connectivity index (χ0v) is 14.6. The Morgan fingerprint density at radius 2 is 1.12 bits per heavy atom. The SMILES string of the molecule is Cc1cccc(C=Nc2cccc(/N=C\c3cccc(C)c3O)n2)c1O. The lowest BCUT2D eigenvalue weighted by molar-refractivity contribution is 0.470. The summed E-state index contributed by atoms with van der Waals surface area (Å²) in [4.78, 5) is 13.0. The van der Waals surface area contributed by atoms with Gasteiger partial charge in [0.2, 0.25) is 0 Å². The van der Waals surface area contributed by atoms with Gasteiger partial charge in [0, 0.05) is 23.6 Å². The third-order valence-electron chi connectivity index (χ3n) is 3.93. The second kappa shape index (κ2) is 7.61. The fourth-order valence-electron chi connectivity index (χ4n) is 2.40. The zero-order chi connectivity index (χ0) is 18.5. The molecule has 0 radical (unpaired) electrons. The average Bonchev–Trinajstić information content (AvgIpc) is 2.64. The first kappa shape index (κ1) is 17.4. The van der Waals surface area contributed by atoms with E-state index in [0.717, 1.165) is 11.1 Å². The Bertz CT molecular complexity index is 918. The zero-order valence-electron chi connectivity index (χ0n) is 14.6. The van der Waals surface area contributed by atoms with E-state index in [2.05, 4.69) is 15.0 Å². The highest BCUT2D eigenvalue weighted by Gasteiger charge is 2.02. The predicted molar refractivity (Wildman–Crippen MR) is 104 cm³/mol. The minimum atomic E-state index is 0.209. The monoisotopic (exact) mass is 345 g/mol. The Balaban J connectivity index is 1.82. The fourth-order valence-corrected chi connectivity index (χ4v) is 2.40. The molecule has 130 valence electrons. The molecule has 3 aromatic rings. The van der Waals surface area contributed by atoms with Crippen LogP contribution in [0.1, 0.15) is 22.3 Å². The Kier molecular flexibility index (Phi) is 5.08. The van der Waals surface area contributed by atoms with Gasteiger partial charge < -0.3 is 10.2 Å². The number of para-hydroxylation sites is 2. The first-order valence-electron chi connectivity index (χ1n) is 8.17. The van der Waals surface area contributed by atoms with Crippen LogP contribution in [0.4, 0.5) is 11.6 Å². The summed E-state index contributed by atoms with van der Waals surface area (Å²) in [6.07, 6.45) is 3.15. The fraction of sp³-hybridized carbons (Fsp3) is 0.0952. The van der Waals surface area contributed by atoms with Crippen molar-refractivity contribution in [3.63, 3.8) is 0 Å². The second-order valence-corrected chi connectivity index (χ2v) is 5.90. The molecule has 5 nitrogen and oxygen atoms in total. The highest BCUT2D eigenvalue weighted by atomic mass is 16.3. The molecule has 2 N–H and O–H groups in total. The van der Waals surface area contributed by atoms with E-state index in [4.69, 9.17) is 0 Å². The van der Waals surface area contributed by atoms with Crippen LogP contribution in [0, 0.1) is 13.8 Å². The molecule has 0 aliphatic heterocycles. The molecule has 0 atom stereocenters. The molecule has 0 aliphatic carbocycles. The third kappa shape index (κ3) is 3.95. The number of phenols is 2. The van der Waals surface area contributed by atoms with Crippen LogP contribution >= 0.6 is 0 Å². The first-order valence-corrected chi connectivity index (χ1v) is 8.17. The molecular formula is C21H19N3O2. The van der Waals surface area contributed by atoms with E-state index in [1.165, 1.54) is 0 Å². The van der Waals surface area contributed by atoms with E-state index in [-0.39, 0.29) is 11.5 Å². The Hall–Kier alpha value is -3.47. The summed E-state index contributed by atoms with van der Waals surface area (Å²) < 4.78 is 0. The molecule has 0 aliphatic rings. The number of pyridine rings is 1. The Morgan fingerprint density at radius 3 is 1.58 bits per heavy atom. The van der Waals surface area contributed by atoms with Crippen molar-refractivity contribution in [2.24, 2.45) is 9.98 Å². The topological polar surface area (TPSA) is 78.1 Å². The van der Waals surface area contributed by atoms with Crippen molar-refractivity contribution in [2.75, 3.05) is 0 Å². The molecule has 0 bridgehead atoms. The summed E-state index contributed by atoms with van der Waals surface area (Å²) in [6.45, 7) is 3.67. The van der Waals surface area contributed by atoms with E-state index in [0.29, 0.717) is 22.8 Å². The Morgan fingerprint density at radius 1 is 0.692 bits per heavy atom. The summed E-state index contributed by atoms with van der Waals surface area (Å²) in [5.41, 5.74) is 2.84. The van der Waals surface area contributed by atoms with Crippen LogP contribution in [-0.4, -0.2) is 27.6 Å². The summed E-state index contributed by atoms with van der Waals surface area (Å²) in [5.74, 6) is 1.38. The number of rotatable bonds is 4. The summed E-state index contributed by atoms with van der Waals surface area (Å²) in [6, 6.07) is 16.3. The average molecular weight is 345 g/mol. The maximum atomic E-state index is 10.0. The van der Waals surface area contributed by atoms with Gasteiger partial charge in [-0.25, -0.2) is 15.0 Å². The van der Waals surface area contributed by atoms with E-state index < -0.39 is 0 Å². The third-order valence-corrected chi connectivity index (χ3v) is 3.93. The molecule has 26 heavy (non-hydrogen) atoms. The van der Waals surface area contributed by atoms with Crippen LogP contribution in [0.3, 0.4) is 0 Å². The van der Waals surface area contributed by atoms with E-state index >= 15 is 0 Å². The summed E-state index contributed by atoms with van der Waals surface area (Å²) >= 11 is 0. The number of aromatic hydroxyl groups is 2. The van der Waals surface area contributed by atoms with Crippen molar-refractivity contribution in [3.8, 4) is 11.5 Å².